The summed E-state index contributed by atoms with van der Waals surface area (Å²) in [6.45, 7) is 9.14. The van der Waals surface area contributed by atoms with Gasteiger partial charge in [0.05, 0.1) is 11.6 Å². The lowest BCUT2D eigenvalue weighted by Gasteiger charge is -2.64. The van der Waals surface area contributed by atoms with Crippen molar-refractivity contribution < 1.29 is 19.4 Å². The summed E-state index contributed by atoms with van der Waals surface area (Å²) < 4.78 is 5.24. The highest BCUT2D eigenvalue weighted by Gasteiger charge is 2.67. The Bertz CT molecular complexity index is 886. The summed E-state index contributed by atoms with van der Waals surface area (Å²) in [6, 6.07) is -0.230. The van der Waals surface area contributed by atoms with Gasteiger partial charge in [-0.05, 0) is 98.4 Å². The molecule has 190 valence electrons. The van der Waals surface area contributed by atoms with Gasteiger partial charge in [-0.1, -0.05) is 27.7 Å². The van der Waals surface area contributed by atoms with Gasteiger partial charge in [0.1, 0.15) is 6.61 Å². The molecular formula is C28H44N2O4. The summed E-state index contributed by atoms with van der Waals surface area (Å²) in [4.78, 5) is 24.3. The van der Waals surface area contributed by atoms with Crippen LogP contribution in [-0.4, -0.2) is 41.3 Å². The molecule has 5 rings (SSSR count). The smallest absolute Gasteiger partial charge is 0.331 e. The molecule has 4 saturated carbocycles. The molecule has 6 nitrogen and oxygen atoms in total. The van der Waals surface area contributed by atoms with E-state index in [-0.39, 0.29) is 40.6 Å². The number of fused-ring (bicyclic) bond motifs is 5. The average molecular weight is 473 g/mol. The Balaban J connectivity index is 1.32. The van der Waals surface area contributed by atoms with Crippen LogP contribution in [0.4, 0.5) is 0 Å². The molecule has 0 spiro atoms. The number of carbonyl (C=O) groups is 2. The number of hydrogen-bond donors (Lipinski definition) is 3. The molecule has 0 unspecified atom stereocenters. The summed E-state index contributed by atoms with van der Waals surface area (Å²) in [7, 11) is 0. The fourth-order valence-electron chi connectivity index (χ4n) is 9.14. The summed E-state index contributed by atoms with van der Waals surface area (Å²) in [6.07, 6.45) is 10.9. The first-order chi connectivity index (χ1) is 16.0. The highest BCUT2D eigenvalue weighted by molar-refractivity contribution is 5.85. The SMILES string of the molecule is CC(C)[C@@H](N)C(=O)N[C@@H]1CC[C@]2(C)[C@H](CC[C@@H]3[C@H]2CC[C@]2(C)[C@@H](C4=CC(=O)OC4)CC[C@@]32O)C1. The van der Waals surface area contributed by atoms with Gasteiger partial charge in [0.25, 0.3) is 0 Å². The minimum atomic E-state index is -0.670. The van der Waals surface area contributed by atoms with E-state index in [1.165, 1.54) is 0 Å². The van der Waals surface area contributed by atoms with Gasteiger partial charge in [0, 0.05) is 17.5 Å². The molecule has 0 saturated heterocycles. The monoisotopic (exact) mass is 472 g/mol. The first-order valence-corrected chi connectivity index (χ1v) is 13.6. The number of cyclic esters (lactones) is 1. The Morgan fingerprint density at radius 2 is 1.88 bits per heavy atom. The van der Waals surface area contributed by atoms with Gasteiger partial charge in [-0.15, -0.1) is 0 Å². The summed E-state index contributed by atoms with van der Waals surface area (Å²) in [5, 5.41) is 15.6. The Morgan fingerprint density at radius 3 is 2.56 bits per heavy atom. The average Bonchev–Trinajstić information content (AvgIpc) is 3.33. The summed E-state index contributed by atoms with van der Waals surface area (Å²) in [5.74, 6) is 1.56. The molecule has 1 amide bonds. The van der Waals surface area contributed by atoms with Crippen molar-refractivity contribution in [1.82, 2.24) is 5.32 Å². The lowest BCUT2D eigenvalue weighted by Crippen LogP contribution is -2.63. The van der Waals surface area contributed by atoms with Gasteiger partial charge < -0.3 is 20.9 Å². The largest absolute Gasteiger partial charge is 0.458 e. The van der Waals surface area contributed by atoms with Crippen LogP contribution < -0.4 is 11.1 Å². The molecule has 0 aromatic rings. The van der Waals surface area contributed by atoms with Crippen LogP contribution in [0.15, 0.2) is 11.6 Å². The van der Waals surface area contributed by atoms with E-state index in [1.54, 1.807) is 6.08 Å². The third-order valence-electron chi connectivity index (χ3n) is 11.4. The zero-order valence-corrected chi connectivity index (χ0v) is 21.4. The highest BCUT2D eigenvalue weighted by Crippen LogP contribution is 2.69. The number of carbonyl (C=O) groups excluding carboxylic acids is 2. The van der Waals surface area contributed by atoms with Crippen LogP contribution in [0, 0.1) is 40.4 Å². The van der Waals surface area contributed by atoms with Gasteiger partial charge in [-0.2, -0.15) is 0 Å². The molecule has 9 atom stereocenters. The molecule has 1 heterocycles. The molecule has 4 N–H and O–H groups in total. The van der Waals surface area contributed by atoms with Crippen LogP contribution in [0.5, 0.6) is 0 Å². The van der Waals surface area contributed by atoms with Crippen molar-refractivity contribution in [3.05, 3.63) is 11.6 Å². The van der Waals surface area contributed by atoms with Crippen LogP contribution in [0.2, 0.25) is 0 Å². The molecule has 4 fully saturated rings. The maximum absolute atomic E-state index is 12.6. The second-order valence-electron chi connectivity index (χ2n) is 13.0. The van der Waals surface area contributed by atoms with Crippen LogP contribution in [0.1, 0.15) is 85.5 Å². The fraction of sp³-hybridized carbons (Fsp3) is 0.857. The first-order valence-electron chi connectivity index (χ1n) is 13.6. The van der Waals surface area contributed by atoms with E-state index in [0.29, 0.717) is 24.4 Å². The predicted molar refractivity (Wildman–Crippen MR) is 130 cm³/mol. The first kappa shape index (κ1) is 24.3. The Hall–Kier alpha value is -1.40. The molecular weight excluding hydrogens is 428 g/mol. The number of amides is 1. The molecule has 0 aromatic heterocycles. The molecule has 34 heavy (non-hydrogen) atoms. The van der Waals surface area contributed by atoms with Crippen molar-refractivity contribution in [1.29, 1.82) is 0 Å². The van der Waals surface area contributed by atoms with Gasteiger partial charge in [-0.25, -0.2) is 4.79 Å². The molecule has 1 aliphatic heterocycles. The lowest BCUT2D eigenvalue weighted by atomic mass is 9.43. The second kappa shape index (κ2) is 8.33. The standard InChI is InChI=1S/C28H44N2O4/c1-16(2)24(29)25(32)30-19-7-10-26(3)18(14-19)5-6-22-21(26)8-11-27(4)20(9-12-28(22,27)33)17-13-23(31)34-15-17/h13,16,18-22,24,33H,5-12,14-15,29H2,1-4H3,(H,30,32)/t18-,19-,20-,21-,22-,24-,26-,27-,28-/m1/s1. The van der Waals surface area contributed by atoms with Crippen molar-refractivity contribution >= 4 is 11.9 Å². The molecule has 0 bridgehead atoms. The van der Waals surface area contributed by atoms with E-state index in [9.17, 15) is 14.7 Å². The zero-order valence-electron chi connectivity index (χ0n) is 21.4. The predicted octanol–water partition coefficient (Wildman–Crippen LogP) is 3.71. The Morgan fingerprint density at radius 1 is 1.12 bits per heavy atom. The number of aliphatic hydroxyl groups is 1. The van der Waals surface area contributed by atoms with E-state index in [1.807, 2.05) is 13.8 Å². The van der Waals surface area contributed by atoms with Crippen molar-refractivity contribution in [2.75, 3.05) is 6.61 Å². The van der Waals surface area contributed by atoms with Crippen molar-refractivity contribution in [2.24, 2.45) is 46.2 Å². The lowest BCUT2D eigenvalue weighted by molar-refractivity contribution is -0.205. The zero-order chi connectivity index (χ0) is 24.5. The van der Waals surface area contributed by atoms with E-state index in [4.69, 9.17) is 10.5 Å². The number of ether oxygens (including phenoxy) is 1. The van der Waals surface area contributed by atoms with E-state index in [0.717, 1.165) is 63.4 Å². The van der Waals surface area contributed by atoms with E-state index >= 15 is 0 Å². The van der Waals surface area contributed by atoms with Gasteiger partial charge in [-0.3, -0.25) is 4.79 Å². The third kappa shape index (κ3) is 3.49. The van der Waals surface area contributed by atoms with Crippen LogP contribution in [0.25, 0.3) is 0 Å². The maximum Gasteiger partial charge on any atom is 0.331 e. The normalized spacial score (nSPS) is 46.7. The minimum absolute atomic E-state index is 0.0132. The quantitative estimate of drug-likeness (QED) is 0.542. The fourth-order valence-corrected chi connectivity index (χ4v) is 9.14. The van der Waals surface area contributed by atoms with Gasteiger partial charge >= 0.3 is 5.97 Å². The number of nitrogens with one attached hydrogen (secondary N) is 1. The van der Waals surface area contributed by atoms with Gasteiger partial charge in [0.2, 0.25) is 5.91 Å². The topological polar surface area (TPSA) is 102 Å². The second-order valence-corrected chi connectivity index (χ2v) is 13.0. The molecule has 6 heteroatoms. The highest BCUT2D eigenvalue weighted by atomic mass is 16.5. The number of rotatable bonds is 4. The third-order valence-corrected chi connectivity index (χ3v) is 11.4. The molecule has 0 radical (unpaired) electrons. The van der Waals surface area contributed by atoms with Crippen LogP contribution in [0.3, 0.4) is 0 Å². The van der Waals surface area contributed by atoms with E-state index in [2.05, 4.69) is 19.2 Å². The number of nitrogens with two attached hydrogens (primary N) is 1. The molecule has 4 aliphatic carbocycles. The Kier molecular flexibility index (Phi) is 5.95. The Labute approximate surface area is 204 Å². The maximum atomic E-state index is 12.6. The minimum Gasteiger partial charge on any atom is -0.458 e. The van der Waals surface area contributed by atoms with Gasteiger partial charge in [0.15, 0.2) is 0 Å². The van der Waals surface area contributed by atoms with Crippen molar-refractivity contribution in [3.63, 3.8) is 0 Å². The summed E-state index contributed by atoms with van der Waals surface area (Å²) in [5.41, 5.74) is 6.55. The van der Waals surface area contributed by atoms with Crippen LogP contribution in [-0.2, 0) is 14.3 Å². The van der Waals surface area contributed by atoms with Crippen LogP contribution >= 0.6 is 0 Å². The van der Waals surface area contributed by atoms with E-state index < -0.39 is 11.6 Å². The number of esters is 1. The van der Waals surface area contributed by atoms with Crippen molar-refractivity contribution in [3.8, 4) is 0 Å². The number of hydrogen-bond acceptors (Lipinski definition) is 5. The molecule has 5 aliphatic rings. The summed E-state index contributed by atoms with van der Waals surface area (Å²) >= 11 is 0. The van der Waals surface area contributed by atoms with Crippen molar-refractivity contribution in [2.45, 2.75) is 103 Å². The molecule has 0 aromatic carbocycles.